The summed E-state index contributed by atoms with van der Waals surface area (Å²) in [6.45, 7) is 0.137. The van der Waals surface area contributed by atoms with Crippen LogP contribution >= 0.6 is 0 Å². The lowest BCUT2D eigenvalue weighted by atomic mass is 9.96. The zero-order valence-electron chi connectivity index (χ0n) is 11.3. The van der Waals surface area contributed by atoms with Crippen LogP contribution in [0.15, 0.2) is 36.5 Å². The summed E-state index contributed by atoms with van der Waals surface area (Å²) in [7, 11) is 0. The highest BCUT2D eigenvalue weighted by Gasteiger charge is 2.33. The van der Waals surface area contributed by atoms with Crippen molar-refractivity contribution in [1.82, 2.24) is 4.57 Å². The molecule has 0 fully saturated rings. The molecule has 0 amide bonds. The molecule has 5 heteroatoms. The molecule has 0 unspecified atom stereocenters. The van der Waals surface area contributed by atoms with E-state index in [0.717, 1.165) is 24.6 Å². The number of fused-ring (bicyclic) bond motifs is 1. The highest BCUT2D eigenvalue weighted by molar-refractivity contribution is 5.98. The summed E-state index contributed by atoms with van der Waals surface area (Å²) in [6, 6.07) is 7.29. The van der Waals surface area contributed by atoms with E-state index in [9.17, 15) is 18.0 Å². The highest BCUT2D eigenvalue weighted by Crippen LogP contribution is 2.33. The van der Waals surface area contributed by atoms with Gasteiger partial charge < -0.3 is 4.57 Å². The lowest BCUT2D eigenvalue weighted by Crippen LogP contribution is -2.15. The van der Waals surface area contributed by atoms with E-state index in [2.05, 4.69) is 0 Å². The Morgan fingerprint density at radius 2 is 1.86 bits per heavy atom. The van der Waals surface area contributed by atoms with Gasteiger partial charge in [-0.05, 0) is 30.5 Å². The van der Waals surface area contributed by atoms with Crippen LogP contribution in [0.25, 0.3) is 0 Å². The van der Waals surface area contributed by atoms with Crippen molar-refractivity contribution >= 4 is 5.78 Å². The first-order chi connectivity index (χ1) is 9.97. The zero-order valence-corrected chi connectivity index (χ0v) is 11.3. The second kappa shape index (κ2) is 5.06. The maximum Gasteiger partial charge on any atom is 0.416 e. The molecule has 0 aliphatic heterocycles. The number of hydrogen-bond acceptors (Lipinski definition) is 1. The van der Waals surface area contributed by atoms with Crippen molar-refractivity contribution in [3.63, 3.8) is 0 Å². The van der Waals surface area contributed by atoms with Crippen LogP contribution in [-0.4, -0.2) is 10.4 Å². The largest absolute Gasteiger partial charge is 0.416 e. The summed E-state index contributed by atoms with van der Waals surface area (Å²) < 4.78 is 40.8. The van der Waals surface area contributed by atoms with E-state index in [1.54, 1.807) is 22.9 Å². The summed E-state index contributed by atoms with van der Waals surface area (Å²) in [6.07, 6.45) is -0.629. The molecule has 1 aromatic heterocycles. The normalized spacial score (nSPS) is 15.1. The molecule has 110 valence electrons. The quantitative estimate of drug-likeness (QED) is 0.818. The molecular formula is C16H14F3NO. The number of hydrogen-bond donors (Lipinski definition) is 0. The third kappa shape index (κ3) is 2.60. The first kappa shape index (κ1) is 13.9. The van der Waals surface area contributed by atoms with E-state index in [-0.39, 0.29) is 17.9 Å². The third-order valence-corrected chi connectivity index (χ3v) is 3.86. The first-order valence-electron chi connectivity index (χ1n) is 6.83. The first-order valence-corrected chi connectivity index (χ1v) is 6.83. The average molecular weight is 293 g/mol. The maximum absolute atomic E-state index is 13.0. The van der Waals surface area contributed by atoms with Gasteiger partial charge in [0.1, 0.15) is 0 Å². The Morgan fingerprint density at radius 1 is 1.10 bits per heavy atom. The minimum atomic E-state index is -4.36. The molecule has 0 bridgehead atoms. The van der Waals surface area contributed by atoms with E-state index in [0.29, 0.717) is 12.0 Å². The molecule has 0 spiro atoms. The number of carbonyl (C=O) groups excluding carboxylic acids is 1. The van der Waals surface area contributed by atoms with Gasteiger partial charge in [0.15, 0.2) is 5.78 Å². The van der Waals surface area contributed by atoms with Crippen molar-refractivity contribution in [2.75, 3.05) is 0 Å². The molecule has 1 heterocycles. The van der Waals surface area contributed by atoms with E-state index >= 15 is 0 Å². The monoisotopic (exact) mass is 293 g/mol. The Labute approximate surface area is 120 Å². The summed E-state index contributed by atoms with van der Waals surface area (Å²) >= 11 is 0. The summed E-state index contributed by atoms with van der Waals surface area (Å²) in [5, 5.41) is 0. The number of carbonyl (C=O) groups is 1. The van der Waals surface area contributed by atoms with Crippen LogP contribution in [0.1, 0.15) is 40.0 Å². The fraction of sp³-hybridized carbons (Fsp3) is 0.312. The smallest absolute Gasteiger partial charge is 0.346 e. The number of alkyl halides is 3. The van der Waals surface area contributed by atoms with E-state index in [1.165, 1.54) is 12.1 Å². The van der Waals surface area contributed by atoms with Crippen molar-refractivity contribution in [2.24, 2.45) is 0 Å². The third-order valence-electron chi connectivity index (χ3n) is 3.86. The number of Topliss-reactive ketones (excluding diaryl/α,β-unsaturated/α-hetero) is 1. The van der Waals surface area contributed by atoms with Crippen LogP contribution in [0, 0.1) is 0 Å². The van der Waals surface area contributed by atoms with Crippen LogP contribution in [0.3, 0.4) is 0 Å². The van der Waals surface area contributed by atoms with Gasteiger partial charge in [0.05, 0.1) is 5.56 Å². The van der Waals surface area contributed by atoms with Gasteiger partial charge in [-0.2, -0.15) is 13.2 Å². The molecule has 0 N–H and O–H groups in total. The van der Waals surface area contributed by atoms with Crippen molar-refractivity contribution in [2.45, 2.75) is 32.0 Å². The van der Waals surface area contributed by atoms with Gasteiger partial charge in [-0.15, -0.1) is 0 Å². The molecule has 0 saturated heterocycles. The van der Waals surface area contributed by atoms with E-state index < -0.39 is 11.7 Å². The second-order valence-corrected chi connectivity index (χ2v) is 5.24. The summed E-state index contributed by atoms with van der Waals surface area (Å²) in [4.78, 5) is 11.8. The molecule has 1 aliphatic carbocycles. The molecule has 1 aromatic carbocycles. The average Bonchev–Trinajstić information content (AvgIpc) is 2.83. The SMILES string of the molecule is O=C1CCCc2c1ccn2Cc1ccccc1C(F)(F)F. The molecule has 2 aromatic rings. The molecule has 0 saturated carbocycles. The number of rotatable bonds is 2. The minimum Gasteiger partial charge on any atom is -0.346 e. The molecule has 21 heavy (non-hydrogen) atoms. The maximum atomic E-state index is 13.0. The predicted molar refractivity (Wildman–Crippen MR) is 72.2 cm³/mol. The predicted octanol–water partition coefficient (Wildman–Crippen LogP) is 4.07. The van der Waals surface area contributed by atoms with Crippen molar-refractivity contribution < 1.29 is 18.0 Å². The van der Waals surface area contributed by atoms with Gasteiger partial charge in [0.2, 0.25) is 0 Å². The van der Waals surface area contributed by atoms with Crippen molar-refractivity contribution in [1.29, 1.82) is 0 Å². The van der Waals surface area contributed by atoms with Crippen LogP contribution in [0.5, 0.6) is 0 Å². The number of aromatic nitrogens is 1. The van der Waals surface area contributed by atoms with Crippen LogP contribution in [0.2, 0.25) is 0 Å². The van der Waals surface area contributed by atoms with Gasteiger partial charge in [-0.25, -0.2) is 0 Å². The number of ketones is 1. The lowest BCUT2D eigenvalue weighted by molar-refractivity contribution is -0.138. The molecule has 0 atom stereocenters. The highest BCUT2D eigenvalue weighted by atomic mass is 19.4. The second-order valence-electron chi connectivity index (χ2n) is 5.24. The van der Waals surface area contributed by atoms with E-state index in [4.69, 9.17) is 0 Å². The fourth-order valence-corrected chi connectivity index (χ4v) is 2.85. The van der Waals surface area contributed by atoms with Gasteiger partial charge in [0.25, 0.3) is 0 Å². The number of benzene rings is 1. The van der Waals surface area contributed by atoms with Crippen LogP contribution < -0.4 is 0 Å². The van der Waals surface area contributed by atoms with Gasteiger partial charge >= 0.3 is 6.18 Å². The van der Waals surface area contributed by atoms with Crippen molar-refractivity contribution in [3.8, 4) is 0 Å². The van der Waals surface area contributed by atoms with Crippen molar-refractivity contribution in [3.05, 3.63) is 58.9 Å². The Bertz CT molecular complexity index is 685. The Hall–Kier alpha value is -2.04. The number of nitrogens with zero attached hydrogens (tertiary/aromatic N) is 1. The fourth-order valence-electron chi connectivity index (χ4n) is 2.85. The molecule has 0 radical (unpaired) electrons. The summed E-state index contributed by atoms with van der Waals surface area (Å²) in [5.41, 5.74) is 1.12. The molecular weight excluding hydrogens is 279 g/mol. The van der Waals surface area contributed by atoms with E-state index in [1.807, 2.05) is 0 Å². The topological polar surface area (TPSA) is 22.0 Å². The standard InChI is InChI=1S/C16H14F3NO/c17-16(18,19)13-5-2-1-4-11(13)10-20-9-8-12-14(20)6-3-7-15(12)21/h1-2,4-5,8-9H,3,6-7,10H2. The van der Waals surface area contributed by atoms with Crippen LogP contribution in [-0.2, 0) is 19.1 Å². The molecule has 3 rings (SSSR count). The van der Waals surface area contributed by atoms with Crippen LogP contribution in [0.4, 0.5) is 13.2 Å². The Kier molecular flexibility index (Phi) is 3.35. The molecule has 2 nitrogen and oxygen atoms in total. The Balaban J connectivity index is 1.97. The summed E-state index contributed by atoms with van der Waals surface area (Å²) in [5.74, 6) is 0.0825. The lowest BCUT2D eigenvalue weighted by Gasteiger charge is -2.17. The zero-order chi connectivity index (χ0) is 15.0. The van der Waals surface area contributed by atoms with Gasteiger partial charge in [-0.3, -0.25) is 4.79 Å². The van der Waals surface area contributed by atoms with Gasteiger partial charge in [-0.1, -0.05) is 18.2 Å². The minimum absolute atomic E-state index is 0.0825. The van der Waals surface area contributed by atoms with Gasteiger partial charge in [0, 0.05) is 30.4 Å². The molecule has 1 aliphatic rings. The number of halogens is 3. The Morgan fingerprint density at radius 3 is 2.62 bits per heavy atom.